The molecule has 0 radical (unpaired) electrons. The third-order valence-electron chi connectivity index (χ3n) is 4.11. The summed E-state index contributed by atoms with van der Waals surface area (Å²) in [6, 6.07) is 16.0. The minimum Gasteiger partial charge on any atom is -0.494 e. The second kappa shape index (κ2) is 8.52. The highest BCUT2D eigenvalue weighted by molar-refractivity contribution is 6.01. The lowest BCUT2D eigenvalue weighted by Crippen LogP contribution is -2.25. The zero-order chi connectivity index (χ0) is 20.1. The topological polar surface area (TPSA) is 78.6 Å². The van der Waals surface area contributed by atoms with Crippen molar-refractivity contribution < 1.29 is 23.5 Å². The number of aromatic nitrogens is 1. The van der Waals surface area contributed by atoms with Gasteiger partial charge in [-0.3, -0.25) is 4.79 Å². The zero-order valence-electron chi connectivity index (χ0n) is 16.0. The predicted molar refractivity (Wildman–Crippen MR) is 103 cm³/mol. The van der Waals surface area contributed by atoms with Gasteiger partial charge < -0.3 is 13.9 Å². The number of rotatable bonds is 7. The van der Waals surface area contributed by atoms with E-state index in [-0.39, 0.29) is 11.5 Å². The second-order valence-electron chi connectivity index (χ2n) is 6.16. The Labute approximate surface area is 163 Å². The average Bonchev–Trinajstić information content (AvgIpc) is 3.11. The molecule has 0 unspecified atom stereocenters. The fraction of sp³-hybridized carbons (Fsp3) is 0.227. The molecule has 0 aliphatic rings. The Hall–Kier alpha value is -3.41. The first-order valence-electron chi connectivity index (χ1n) is 9.00. The van der Waals surface area contributed by atoms with Gasteiger partial charge in [-0.1, -0.05) is 18.2 Å². The second-order valence-corrected chi connectivity index (χ2v) is 6.16. The molecule has 144 valence electrons. The van der Waals surface area contributed by atoms with E-state index >= 15 is 0 Å². The third kappa shape index (κ3) is 4.28. The monoisotopic (exact) mass is 379 g/mol. The van der Waals surface area contributed by atoms with Crippen LogP contribution in [0.5, 0.6) is 5.75 Å². The number of aryl methyl sites for hydroxylation is 1. The maximum absolute atomic E-state index is 12.5. The molecule has 0 saturated carbocycles. The van der Waals surface area contributed by atoms with Gasteiger partial charge in [0.25, 0.3) is 0 Å². The summed E-state index contributed by atoms with van der Waals surface area (Å²) in [4.78, 5) is 29.2. The molecule has 0 saturated heterocycles. The van der Waals surface area contributed by atoms with Crippen molar-refractivity contribution in [3.05, 3.63) is 71.6 Å². The van der Waals surface area contributed by atoms with E-state index in [9.17, 15) is 9.59 Å². The van der Waals surface area contributed by atoms with Crippen molar-refractivity contribution in [2.45, 2.75) is 26.9 Å². The first kappa shape index (κ1) is 19.4. The van der Waals surface area contributed by atoms with E-state index in [0.29, 0.717) is 29.6 Å². The average molecular weight is 379 g/mol. The molecule has 0 aliphatic heterocycles. The van der Waals surface area contributed by atoms with Crippen molar-refractivity contribution >= 4 is 11.8 Å². The summed E-state index contributed by atoms with van der Waals surface area (Å²) >= 11 is 0. The van der Waals surface area contributed by atoms with Crippen LogP contribution in [0, 0.1) is 6.92 Å². The first-order chi connectivity index (χ1) is 13.5. The molecular formula is C22H21NO5. The van der Waals surface area contributed by atoms with Crippen molar-refractivity contribution in [2.24, 2.45) is 0 Å². The van der Waals surface area contributed by atoms with Crippen molar-refractivity contribution in [1.29, 1.82) is 0 Å². The number of hydrogen-bond donors (Lipinski definition) is 0. The quantitative estimate of drug-likeness (QED) is 0.445. The fourth-order valence-electron chi connectivity index (χ4n) is 2.68. The molecule has 0 fully saturated rings. The number of ketones is 1. The Morgan fingerprint density at radius 3 is 2.39 bits per heavy atom. The molecule has 6 heteroatoms. The smallest absolute Gasteiger partial charge is 0.361 e. The van der Waals surface area contributed by atoms with E-state index < -0.39 is 12.1 Å². The summed E-state index contributed by atoms with van der Waals surface area (Å²) in [6.07, 6.45) is -0.957. The first-order valence-corrected chi connectivity index (χ1v) is 9.00. The Morgan fingerprint density at radius 2 is 1.75 bits per heavy atom. The molecular weight excluding hydrogens is 358 g/mol. The number of benzene rings is 2. The van der Waals surface area contributed by atoms with E-state index in [1.807, 2.05) is 37.3 Å². The van der Waals surface area contributed by atoms with Crippen LogP contribution >= 0.6 is 0 Å². The van der Waals surface area contributed by atoms with Gasteiger partial charge in [-0.2, -0.15) is 0 Å². The molecule has 6 nitrogen and oxygen atoms in total. The number of hydrogen-bond acceptors (Lipinski definition) is 6. The van der Waals surface area contributed by atoms with Gasteiger partial charge in [-0.25, -0.2) is 9.78 Å². The molecule has 3 aromatic rings. The fourth-order valence-corrected chi connectivity index (χ4v) is 2.68. The molecule has 3 rings (SSSR count). The maximum atomic E-state index is 12.5. The van der Waals surface area contributed by atoms with E-state index in [0.717, 1.165) is 5.56 Å². The largest absolute Gasteiger partial charge is 0.494 e. The molecule has 0 bridgehead atoms. The Kier molecular flexibility index (Phi) is 5.89. The predicted octanol–water partition coefficient (Wildman–Crippen LogP) is 4.48. The Morgan fingerprint density at radius 1 is 1.07 bits per heavy atom. The standard InChI is InChI=1S/C22H21NO5/c1-4-26-18-12-10-16(11-13-18)20(24)15(3)28-22(25)19-14(2)27-21(23-19)17-8-6-5-7-9-17/h5-13,15H,4H2,1-3H3/t15-/m1/s1. The number of oxazole rings is 1. The maximum Gasteiger partial charge on any atom is 0.361 e. The molecule has 0 N–H and O–H groups in total. The summed E-state index contributed by atoms with van der Waals surface area (Å²) in [5.41, 5.74) is 1.25. The highest BCUT2D eigenvalue weighted by Gasteiger charge is 2.25. The van der Waals surface area contributed by atoms with Crippen molar-refractivity contribution in [3.63, 3.8) is 0 Å². The zero-order valence-corrected chi connectivity index (χ0v) is 16.0. The Balaban J connectivity index is 1.70. The van der Waals surface area contributed by atoms with Gasteiger partial charge in [-0.05, 0) is 57.2 Å². The van der Waals surface area contributed by atoms with Crippen LogP contribution < -0.4 is 4.74 Å². The van der Waals surface area contributed by atoms with Gasteiger partial charge in [0, 0.05) is 11.1 Å². The highest BCUT2D eigenvalue weighted by atomic mass is 16.5. The van der Waals surface area contributed by atoms with Gasteiger partial charge in [0.15, 0.2) is 11.8 Å². The third-order valence-corrected chi connectivity index (χ3v) is 4.11. The SMILES string of the molecule is CCOc1ccc(C(=O)[C@@H](C)OC(=O)c2nc(-c3ccccc3)oc2C)cc1. The summed E-state index contributed by atoms with van der Waals surface area (Å²) in [5.74, 6) is 0.339. The van der Waals surface area contributed by atoms with Gasteiger partial charge in [0.2, 0.25) is 11.7 Å². The summed E-state index contributed by atoms with van der Waals surface area (Å²) in [6.45, 7) is 5.60. The van der Waals surface area contributed by atoms with Crippen molar-refractivity contribution in [3.8, 4) is 17.2 Å². The number of nitrogens with zero attached hydrogens (tertiary/aromatic N) is 1. The molecule has 1 heterocycles. The molecule has 0 amide bonds. The summed E-state index contributed by atoms with van der Waals surface area (Å²) in [7, 11) is 0. The number of Topliss-reactive ketones (excluding diaryl/α,β-unsaturated/α-hetero) is 1. The molecule has 1 atom stereocenters. The van der Waals surface area contributed by atoms with Crippen LogP contribution in [0.1, 0.15) is 40.5 Å². The molecule has 1 aromatic heterocycles. The number of carbonyl (C=O) groups excluding carboxylic acids is 2. The van der Waals surface area contributed by atoms with Crippen LogP contribution in [-0.2, 0) is 4.74 Å². The normalized spacial score (nSPS) is 11.7. The minimum atomic E-state index is -0.957. The van der Waals surface area contributed by atoms with Crippen molar-refractivity contribution in [1.82, 2.24) is 4.98 Å². The lowest BCUT2D eigenvalue weighted by molar-refractivity contribution is 0.0312. The van der Waals surface area contributed by atoms with Gasteiger partial charge in [0.1, 0.15) is 11.5 Å². The van der Waals surface area contributed by atoms with Crippen LogP contribution in [-0.4, -0.2) is 29.4 Å². The molecule has 28 heavy (non-hydrogen) atoms. The van der Waals surface area contributed by atoms with Crippen LogP contribution in [0.3, 0.4) is 0 Å². The minimum absolute atomic E-state index is 0.0604. The highest BCUT2D eigenvalue weighted by Crippen LogP contribution is 2.22. The van der Waals surface area contributed by atoms with Gasteiger partial charge >= 0.3 is 5.97 Å². The van der Waals surface area contributed by atoms with E-state index in [2.05, 4.69) is 4.98 Å². The van der Waals surface area contributed by atoms with Crippen LogP contribution in [0.4, 0.5) is 0 Å². The summed E-state index contributed by atoms with van der Waals surface area (Å²) < 4.78 is 16.3. The summed E-state index contributed by atoms with van der Waals surface area (Å²) in [5, 5.41) is 0. The van der Waals surface area contributed by atoms with Crippen LogP contribution in [0.25, 0.3) is 11.5 Å². The van der Waals surface area contributed by atoms with E-state index in [1.54, 1.807) is 31.2 Å². The van der Waals surface area contributed by atoms with E-state index in [4.69, 9.17) is 13.9 Å². The van der Waals surface area contributed by atoms with E-state index in [1.165, 1.54) is 6.92 Å². The number of ether oxygens (including phenoxy) is 2. The van der Waals surface area contributed by atoms with Crippen molar-refractivity contribution in [2.75, 3.05) is 6.61 Å². The van der Waals surface area contributed by atoms with Gasteiger partial charge in [-0.15, -0.1) is 0 Å². The van der Waals surface area contributed by atoms with Gasteiger partial charge in [0.05, 0.1) is 6.61 Å². The molecule has 2 aromatic carbocycles. The number of esters is 1. The lowest BCUT2D eigenvalue weighted by atomic mass is 10.1. The Bertz CT molecular complexity index is 960. The van der Waals surface area contributed by atoms with Crippen LogP contribution in [0.15, 0.2) is 59.0 Å². The van der Waals surface area contributed by atoms with Crippen LogP contribution in [0.2, 0.25) is 0 Å². The molecule has 0 aliphatic carbocycles. The number of carbonyl (C=O) groups is 2. The lowest BCUT2D eigenvalue weighted by Gasteiger charge is -2.12. The molecule has 0 spiro atoms.